The Morgan fingerprint density at radius 2 is 2.40 bits per heavy atom. The van der Waals surface area contributed by atoms with E-state index in [4.69, 9.17) is 9.84 Å². The highest BCUT2D eigenvalue weighted by atomic mass is 16.5. The van der Waals surface area contributed by atoms with Crippen LogP contribution in [0.5, 0.6) is 0 Å². The maximum absolute atomic E-state index is 10.6. The molecule has 0 aliphatic heterocycles. The van der Waals surface area contributed by atoms with E-state index in [1.54, 1.807) is 7.11 Å². The fourth-order valence-electron chi connectivity index (χ4n) is 1.98. The van der Waals surface area contributed by atoms with Gasteiger partial charge in [-0.1, -0.05) is 0 Å². The molecule has 2 aliphatic carbocycles. The standard InChI is InChI=1S/C7H10O3/c1-10-5-3-7(6(8)9)2-4(5)7/h4-5H,2-3H2,1H3,(H,8,9)/t4?,5?,7-/m0/s1. The second kappa shape index (κ2) is 1.53. The van der Waals surface area contributed by atoms with Crippen LogP contribution in [0.15, 0.2) is 0 Å². The summed E-state index contributed by atoms with van der Waals surface area (Å²) in [6.45, 7) is 0. The van der Waals surface area contributed by atoms with Gasteiger partial charge in [0.15, 0.2) is 0 Å². The van der Waals surface area contributed by atoms with Gasteiger partial charge in [0.1, 0.15) is 0 Å². The molecular weight excluding hydrogens is 132 g/mol. The molecule has 2 fully saturated rings. The molecule has 0 saturated heterocycles. The smallest absolute Gasteiger partial charge is 0.310 e. The van der Waals surface area contributed by atoms with Gasteiger partial charge in [-0.3, -0.25) is 4.79 Å². The lowest BCUT2D eigenvalue weighted by Crippen LogP contribution is -2.37. The third kappa shape index (κ3) is 0.475. The Morgan fingerprint density at radius 1 is 1.70 bits per heavy atom. The molecule has 0 bridgehead atoms. The van der Waals surface area contributed by atoms with Gasteiger partial charge in [0, 0.05) is 13.0 Å². The predicted molar refractivity (Wildman–Crippen MR) is 33.6 cm³/mol. The minimum absolute atomic E-state index is 0.232. The van der Waals surface area contributed by atoms with Crippen LogP contribution >= 0.6 is 0 Å². The van der Waals surface area contributed by atoms with Crippen molar-refractivity contribution in [2.75, 3.05) is 7.11 Å². The molecule has 2 aliphatic rings. The molecule has 0 spiro atoms. The molecule has 3 heteroatoms. The van der Waals surface area contributed by atoms with E-state index >= 15 is 0 Å². The lowest BCUT2D eigenvalue weighted by molar-refractivity contribution is -0.151. The molecule has 0 aromatic heterocycles. The van der Waals surface area contributed by atoms with Crippen molar-refractivity contribution in [2.24, 2.45) is 11.3 Å². The van der Waals surface area contributed by atoms with Crippen molar-refractivity contribution in [3.8, 4) is 0 Å². The second-order valence-corrected chi connectivity index (χ2v) is 3.25. The molecule has 0 radical (unpaired) electrons. The number of hydrogen-bond donors (Lipinski definition) is 1. The Balaban J connectivity index is 2.01. The molecule has 2 unspecified atom stereocenters. The fraction of sp³-hybridized carbons (Fsp3) is 0.857. The summed E-state index contributed by atoms with van der Waals surface area (Å²) in [5.41, 5.74) is -0.347. The van der Waals surface area contributed by atoms with Gasteiger partial charge in [-0.15, -0.1) is 0 Å². The van der Waals surface area contributed by atoms with Gasteiger partial charge in [0.2, 0.25) is 0 Å². The van der Waals surface area contributed by atoms with Crippen LogP contribution in [-0.2, 0) is 9.53 Å². The van der Waals surface area contributed by atoms with Crippen molar-refractivity contribution in [1.82, 2.24) is 0 Å². The minimum atomic E-state index is -0.634. The zero-order valence-electron chi connectivity index (χ0n) is 5.83. The Kier molecular flexibility index (Phi) is 0.944. The van der Waals surface area contributed by atoms with E-state index in [1.807, 2.05) is 0 Å². The van der Waals surface area contributed by atoms with Crippen LogP contribution in [-0.4, -0.2) is 24.3 Å². The highest BCUT2D eigenvalue weighted by Gasteiger charge is 2.72. The van der Waals surface area contributed by atoms with E-state index in [2.05, 4.69) is 0 Å². The second-order valence-electron chi connectivity index (χ2n) is 3.25. The van der Waals surface area contributed by atoms with Gasteiger partial charge in [0.25, 0.3) is 0 Å². The number of carboxylic acid groups (broad SMARTS) is 1. The van der Waals surface area contributed by atoms with Gasteiger partial charge < -0.3 is 9.84 Å². The number of methoxy groups -OCH3 is 1. The summed E-state index contributed by atoms with van der Waals surface area (Å²) < 4.78 is 5.05. The summed E-state index contributed by atoms with van der Waals surface area (Å²) in [7, 11) is 1.65. The topological polar surface area (TPSA) is 46.5 Å². The summed E-state index contributed by atoms with van der Waals surface area (Å²) in [5, 5.41) is 8.69. The number of aliphatic carboxylic acids is 1. The van der Waals surface area contributed by atoms with E-state index in [-0.39, 0.29) is 11.5 Å². The van der Waals surface area contributed by atoms with Crippen molar-refractivity contribution >= 4 is 5.97 Å². The Morgan fingerprint density at radius 3 is 2.70 bits per heavy atom. The number of carboxylic acids is 1. The number of rotatable bonds is 2. The highest BCUT2D eigenvalue weighted by molar-refractivity contribution is 5.80. The summed E-state index contributed by atoms with van der Waals surface area (Å²) in [4.78, 5) is 10.6. The van der Waals surface area contributed by atoms with Gasteiger partial charge >= 0.3 is 5.97 Å². The molecule has 2 saturated carbocycles. The van der Waals surface area contributed by atoms with Gasteiger partial charge in [-0.2, -0.15) is 0 Å². The van der Waals surface area contributed by atoms with Crippen LogP contribution in [0.1, 0.15) is 12.8 Å². The average Bonchev–Trinajstić information content (AvgIpc) is 2.40. The van der Waals surface area contributed by atoms with Crippen LogP contribution in [0, 0.1) is 11.3 Å². The number of fused-ring (bicyclic) bond motifs is 1. The van der Waals surface area contributed by atoms with Crippen molar-refractivity contribution in [3.63, 3.8) is 0 Å². The highest BCUT2D eigenvalue weighted by Crippen LogP contribution is 2.68. The average molecular weight is 142 g/mol. The third-order valence-electron chi connectivity index (χ3n) is 2.88. The first-order valence-corrected chi connectivity index (χ1v) is 3.47. The molecule has 3 atom stereocenters. The maximum atomic E-state index is 10.6. The first kappa shape index (κ1) is 6.16. The van der Waals surface area contributed by atoms with E-state index < -0.39 is 5.97 Å². The zero-order chi connectivity index (χ0) is 7.35. The van der Waals surface area contributed by atoms with Crippen LogP contribution < -0.4 is 0 Å². The largest absolute Gasteiger partial charge is 0.481 e. The van der Waals surface area contributed by atoms with E-state index in [1.165, 1.54) is 0 Å². The number of carbonyl (C=O) groups is 1. The first-order chi connectivity index (χ1) is 4.70. The molecular formula is C7H10O3. The number of hydrogen-bond acceptors (Lipinski definition) is 2. The summed E-state index contributed by atoms with van der Waals surface area (Å²) >= 11 is 0. The van der Waals surface area contributed by atoms with Crippen LogP contribution in [0.4, 0.5) is 0 Å². The maximum Gasteiger partial charge on any atom is 0.310 e. The molecule has 2 rings (SSSR count). The van der Waals surface area contributed by atoms with Crippen LogP contribution in [0.25, 0.3) is 0 Å². The van der Waals surface area contributed by atoms with Gasteiger partial charge in [0.05, 0.1) is 11.5 Å². The summed E-state index contributed by atoms with van der Waals surface area (Å²) in [6, 6.07) is 0. The van der Waals surface area contributed by atoms with Crippen molar-refractivity contribution in [2.45, 2.75) is 18.9 Å². The van der Waals surface area contributed by atoms with E-state index in [9.17, 15) is 4.79 Å². The van der Waals surface area contributed by atoms with Crippen LogP contribution in [0.3, 0.4) is 0 Å². The van der Waals surface area contributed by atoms with Gasteiger partial charge in [-0.25, -0.2) is 0 Å². The van der Waals surface area contributed by atoms with Crippen molar-refractivity contribution < 1.29 is 14.6 Å². The molecule has 10 heavy (non-hydrogen) atoms. The lowest BCUT2D eigenvalue weighted by atomic mass is 9.82. The van der Waals surface area contributed by atoms with Crippen molar-refractivity contribution in [3.05, 3.63) is 0 Å². The first-order valence-electron chi connectivity index (χ1n) is 3.47. The molecule has 0 aromatic carbocycles. The molecule has 56 valence electrons. The van der Waals surface area contributed by atoms with Crippen molar-refractivity contribution in [1.29, 1.82) is 0 Å². The minimum Gasteiger partial charge on any atom is -0.481 e. The Hall–Kier alpha value is -0.570. The van der Waals surface area contributed by atoms with Gasteiger partial charge in [-0.05, 0) is 12.8 Å². The molecule has 0 amide bonds. The quantitative estimate of drug-likeness (QED) is 0.610. The third-order valence-corrected chi connectivity index (χ3v) is 2.88. The zero-order valence-corrected chi connectivity index (χ0v) is 5.83. The Bertz CT molecular complexity index is 189. The molecule has 0 heterocycles. The summed E-state index contributed by atoms with van der Waals surface area (Å²) in [5.74, 6) is -0.305. The predicted octanol–water partition coefficient (Wildman–Crippen LogP) is 0.496. The molecule has 3 nitrogen and oxygen atoms in total. The monoisotopic (exact) mass is 142 g/mol. The lowest BCUT2D eigenvalue weighted by Gasteiger charge is -2.29. The molecule has 0 aromatic rings. The van der Waals surface area contributed by atoms with Crippen LogP contribution in [0.2, 0.25) is 0 Å². The SMILES string of the molecule is COC1C[C@@]2(C(=O)O)CC12. The Labute approximate surface area is 59.0 Å². The van der Waals surface area contributed by atoms with E-state index in [0.29, 0.717) is 5.92 Å². The summed E-state index contributed by atoms with van der Waals surface area (Å²) in [6.07, 6.45) is 1.79. The molecule has 1 N–H and O–H groups in total. The fourth-order valence-corrected chi connectivity index (χ4v) is 1.98. The normalized spacial score (nSPS) is 49.3. The van der Waals surface area contributed by atoms with E-state index in [0.717, 1.165) is 12.8 Å². The number of ether oxygens (including phenoxy) is 1.